The van der Waals surface area contributed by atoms with Gasteiger partial charge in [0.1, 0.15) is 5.75 Å². The van der Waals surface area contributed by atoms with Crippen LogP contribution in [0.4, 0.5) is 0 Å². The van der Waals surface area contributed by atoms with E-state index in [0.29, 0.717) is 5.75 Å². The van der Waals surface area contributed by atoms with E-state index >= 15 is 0 Å². The molecule has 0 atom stereocenters. The van der Waals surface area contributed by atoms with E-state index in [4.69, 9.17) is 4.74 Å². The van der Waals surface area contributed by atoms with Crippen molar-refractivity contribution >= 4 is 50.4 Å². The summed E-state index contributed by atoms with van der Waals surface area (Å²) in [5.41, 5.74) is 2.25. The summed E-state index contributed by atoms with van der Waals surface area (Å²) >= 11 is 0. The third kappa shape index (κ3) is 2.80. The highest BCUT2D eigenvalue weighted by Crippen LogP contribution is 2.36. The topological polar surface area (TPSA) is 26.3 Å². The van der Waals surface area contributed by atoms with Gasteiger partial charge in [-0.15, -0.1) is 0 Å². The number of ether oxygens (including phenoxy) is 1. The van der Waals surface area contributed by atoms with Gasteiger partial charge in [0, 0.05) is 6.92 Å². The molecule has 0 fully saturated rings. The first-order chi connectivity index (χ1) is 13.7. The lowest BCUT2D eigenvalue weighted by atomic mass is 9.92. The summed E-state index contributed by atoms with van der Waals surface area (Å²) in [6.45, 7) is 1.40. The fourth-order valence-electron chi connectivity index (χ4n) is 3.90. The predicted octanol–water partition coefficient (Wildman–Crippen LogP) is 6.68. The number of esters is 1. The van der Waals surface area contributed by atoms with E-state index in [2.05, 4.69) is 66.7 Å². The molecule has 0 unspecified atom stereocenters. The molecule has 5 aromatic carbocycles. The van der Waals surface area contributed by atoms with Crippen molar-refractivity contribution in [1.82, 2.24) is 0 Å². The lowest BCUT2D eigenvalue weighted by Crippen LogP contribution is -2.00. The van der Waals surface area contributed by atoms with Crippen LogP contribution < -0.4 is 4.74 Å². The number of carbonyl (C=O) groups is 1. The average Bonchev–Trinajstić information content (AvgIpc) is 2.71. The van der Waals surface area contributed by atoms with Crippen LogP contribution in [0.2, 0.25) is 0 Å². The molecular formula is C26H18O2. The van der Waals surface area contributed by atoms with Crippen LogP contribution in [0.15, 0.2) is 78.9 Å². The van der Waals surface area contributed by atoms with E-state index in [1.165, 1.54) is 44.8 Å². The molecule has 0 N–H and O–H groups in total. The van der Waals surface area contributed by atoms with Crippen LogP contribution in [-0.2, 0) is 4.79 Å². The van der Waals surface area contributed by atoms with Gasteiger partial charge in [0.2, 0.25) is 0 Å². The first-order valence-corrected chi connectivity index (χ1v) is 9.32. The second kappa shape index (κ2) is 6.50. The van der Waals surface area contributed by atoms with Crippen molar-refractivity contribution in [2.75, 3.05) is 0 Å². The molecule has 0 spiro atoms. The Balaban J connectivity index is 1.59. The smallest absolute Gasteiger partial charge is 0.308 e. The third-order valence-electron chi connectivity index (χ3n) is 5.16. The fourth-order valence-corrected chi connectivity index (χ4v) is 3.90. The van der Waals surface area contributed by atoms with Gasteiger partial charge in [-0.05, 0) is 55.6 Å². The molecule has 0 heterocycles. The van der Waals surface area contributed by atoms with Crippen molar-refractivity contribution in [3.05, 3.63) is 90.0 Å². The minimum Gasteiger partial charge on any atom is -0.427 e. The van der Waals surface area contributed by atoms with Crippen molar-refractivity contribution in [3.8, 4) is 5.75 Å². The van der Waals surface area contributed by atoms with Gasteiger partial charge < -0.3 is 4.74 Å². The summed E-state index contributed by atoms with van der Waals surface area (Å²) in [5, 5.41) is 7.73. The molecule has 0 saturated heterocycles. The van der Waals surface area contributed by atoms with Crippen molar-refractivity contribution in [3.63, 3.8) is 0 Å². The SMILES string of the molecule is CC(=O)Oc1ccc(/C=C/c2ccc3ccc4cccc5ccc2c3c45)cc1. The summed E-state index contributed by atoms with van der Waals surface area (Å²) in [6.07, 6.45) is 4.23. The molecule has 28 heavy (non-hydrogen) atoms. The molecule has 0 radical (unpaired) electrons. The highest BCUT2D eigenvalue weighted by Gasteiger charge is 2.09. The first kappa shape index (κ1) is 16.5. The van der Waals surface area contributed by atoms with Gasteiger partial charge in [0.25, 0.3) is 0 Å². The Labute approximate surface area is 163 Å². The molecule has 0 aromatic heterocycles. The van der Waals surface area contributed by atoms with Crippen LogP contribution in [0.3, 0.4) is 0 Å². The minimum atomic E-state index is -0.308. The molecule has 0 aliphatic rings. The Morgan fingerprint density at radius 3 is 2.07 bits per heavy atom. The van der Waals surface area contributed by atoms with Gasteiger partial charge in [-0.2, -0.15) is 0 Å². The fraction of sp³-hybridized carbons (Fsp3) is 0.0385. The number of carbonyl (C=O) groups excluding carboxylic acids is 1. The Morgan fingerprint density at radius 2 is 1.36 bits per heavy atom. The van der Waals surface area contributed by atoms with E-state index in [9.17, 15) is 4.79 Å². The van der Waals surface area contributed by atoms with Crippen molar-refractivity contribution in [2.24, 2.45) is 0 Å². The van der Waals surface area contributed by atoms with E-state index in [0.717, 1.165) is 5.56 Å². The maximum absolute atomic E-state index is 11.0. The summed E-state index contributed by atoms with van der Waals surface area (Å²) in [5.74, 6) is 0.254. The Bertz CT molecular complexity index is 1330. The number of rotatable bonds is 3. The molecule has 0 aliphatic carbocycles. The second-order valence-corrected chi connectivity index (χ2v) is 7.01. The second-order valence-electron chi connectivity index (χ2n) is 7.01. The summed E-state index contributed by atoms with van der Waals surface area (Å²) in [6, 6.07) is 27.2. The largest absolute Gasteiger partial charge is 0.427 e. The zero-order valence-electron chi connectivity index (χ0n) is 15.5. The summed E-state index contributed by atoms with van der Waals surface area (Å²) < 4.78 is 5.09. The zero-order chi connectivity index (χ0) is 19.1. The molecule has 0 aliphatic heterocycles. The van der Waals surface area contributed by atoms with E-state index in [-0.39, 0.29) is 5.97 Å². The van der Waals surface area contributed by atoms with Crippen molar-refractivity contribution < 1.29 is 9.53 Å². The normalized spacial score (nSPS) is 11.8. The number of hydrogen-bond acceptors (Lipinski definition) is 2. The average molecular weight is 362 g/mol. The third-order valence-corrected chi connectivity index (χ3v) is 5.16. The van der Waals surface area contributed by atoms with Crippen molar-refractivity contribution in [1.29, 1.82) is 0 Å². The van der Waals surface area contributed by atoms with Gasteiger partial charge >= 0.3 is 5.97 Å². The molecule has 0 saturated carbocycles. The molecule has 134 valence electrons. The van der Waals surface area contributed by atoms with Gasteiger partial charge in [0.05, 0.1) is 0 Å². The van der Waals surface area contributed by atoms with Crippen LogP contribution in [0, 0.1) is 0 Å². The highest BCUT2D eigenvalue weighted by atomic mass is 16.5. The van der Waals surface area contributed by atoms with Gasteiger partial charge in [0.15, 0.2) is 0 Å². The number of benzene rings is 5. The quantitative estimate of drug-likeness (QED) is 0.155. The standard InChI is InChI=1S/C26H18O2/c1-17(27)28-23-14-6-18(7-15-23)5-8-19-9-10-22-12-11-20-3-2-4-21-13-16-24(19)26(22)25(20)21/h2-16H,1H3/b8-5+. The minimum absolute atomic E-state index is 0.308. The molecule has 5 rings (SSSR count). The monoisotopic (exact) mass is 362 g/mol. The molecule has 5 aromatic rings. The molecule has 2 heteroatoms. The predicted molar refractivity (Wildman–Crippen MR) is 117 cm³/mol. The lowest BCUT2D eigenvalue weighted by Gasteiger charge is -2.12. The van der Waals surface area contributed by atoms with Crippen LogP contribution in [0.1, 0.15) is 18.1 Å². The highest BCUT2D eigenvalue weighted by molar-refractivity contribution is 6.24. The van der Waals surface area contributed by atoms with Crippen LogP contribution in [0.25, 0.3) is 44.5 Å². The first-order valence-electron chi connectivity index (χ1n) is 9.32. The van der Waals surface area contributed by atoms with E-state index in [1.807, 2.05) is 24.3 Å². The lowest BCUT2D eigenvalue weighted by molar-refractivity contribution is -0.131. The number of hydrogen-bond donors (Lipinski definition) is 0. The molecule has 0 amide bonds. The Morgan fingerprint density at radius 1 is 0.714 bits per heavy atom. The van der Waals surface area contributed by atoms with Gasteiger partial charge in [-0.1, -0.05) is 78.9 Å². The maximum atomic E-state index is 11.0. The van der Waals surface area contributed by atoms with Gasteiger partial charge in [-0.3, -0.25) is 4.79 Å². The van der Waals surface area contributed by atoms with E-state index < -0.39 is 0 Å². The van der Waals surface area contributed by atoms with E-state index in [1.54, 1.807) is 0 Å². The van der Waals surface area contributed by atoms with Crippen LogP contribution >= 0.6 is 0 Å². The maximum Gasteiger partial charge on any atom is 0.308 e. The van der Waals surface area contributed by atoms with Gasteiger partial charge in [-0.25, -0.2) is 0 Å². The summed E-state index contributed by atoms with van der Waals surface area (Å²) in [7, 11) is 0. The zero-order valence-corrected chi connectivity index (χ0v) is 15.5. The molecular weight excluding hydrogens is 344 g/mol. The van der Waals surface area contributed by atoms with Crippen LogP contribution in [-0.4, -0.2) is 5.97 Å². The molecule has 0 bridgehead atoms. The van der Waals surface area contributed by atoms with Crippen LogP contribution in [0.5, 0.6) is 5.75 Å². The molecule has 2 nitrogen and oxygen atoms in total. The summed E-state index contributed by atoms with van der Waals surface area (Å²) in [4.78, 5) is 11.0. The van der Waals surface area contributed by atoms with Crippen molar-refractivity contribution in [2.45, 2.75) is 6.92 Å². The Hall–Kier alpha value is -3.65. The Kier molecular flexibility index (Phi) is 3.84.